The highest BCUT2D eigenvalue weighted by molar-refractivity contribution is 6.05. The maximum absolute atomic E-state index is 12.6. The lowest BCUT2D eigenvalue weighted by atomic mass is 10.2. The van der Waals surface area contributed by atoms with Crippen LogP contribution in [0.4, 0.5) is 10.5 Å². The smallest absolute Gasteiger partial charge is 0.327 e. The van der Waals surface area contributed by atoms with Gasteiger partial charge >= 0.3 is 6.03 Å². The van der Waals surface area contributed by atoms with Crippen molar-refractivity contribution >= 4 is 17.6 Å². The molecule has 3 aliphatic rings. The number of methoxy groups -OCH3 is 2. The second-order valence-electron chi connectivity index (χ2n) is 6.80. The van der Waals surface area contributed by atoms with E-state index in [0.29, 0.717) is 13.1 Å². The molecule has 0 bridgehead atoms. The van der Waals surface area contributed by atoms with Gasteiger partial charge in [-0.05, 0) is 19.3 Å². The lowest BCUT2D eigenvalue weighted by Crippen LogP contribution is -2.43. The van der Waals surface area contributed by atoms with Gasteiger partial charge in [0.05, 0.1) is 20.3 Å². The molecule has 1 aromatic rings. The summed E-state index contributed by atoms with van der Waals surface area (Å²) in [5.41, 5.74) is 0.985. The van der Waals surface area contributed by atoms with Gasteiger partial charge in [0.25, 0.3) is 5.91 Å². The molecule has 2 atom stereocenters. The third-order valence-corrected chi connectivity index (χ3v) is 5.46. The van der Waals surface area contributed by atoms with Gasteiger partial charge in [-0.1, -0.05) is 0 Å². The van der Waals surface area contributed by atoms with Crippen molar-refractivity contribution in [3.63, 3.8) is 0 Å². The number of anilines is 1. The van der Waals surface area contributed by atoms with E-state index in [1.54, 1.807) is 19.1 Å². The number of benzene rings is 1. The van der Waals surface area contributed by atoms with Crippen LogP contribution in [0.3, 0.4) is 0 Å². The maximum atomic E-state index is 12.6. The molecule has 3 saturated heterocycles. The van der Waals surface area contributed by atoms with Crippen LogP contribution in [0, 0.1) is 0 Å². The fourth-order valence-corrected chi connectivity index (χ4v) is 4.14. The van der Waals surface area contributed by atoms with Crippen molar-refractivity contribution in [2.75, 3.05) is 38.8 Å². The molecule has 0 radical (unpaired) electrons. The van der Waals surface area contributed by atoms with Crippen LogP contribution in [0.5, 0.6) is 11.5 Å². The highest BCUT2D eigenvalue weighted by atomic mass is 16.5. The van der Waals surface area contributed by atoms with E-state index < -0.39 is 0 Å². The third-order valence-electron chi connectivity index (χ3n) is 5.46. The largest absolute Gasteiger partial charge is 0.497 e. The van der Waals surface area contributed by atoms with E-state index >= 15 is 0 Å². The first kappa shape index (κ1) is 16.1. The fourth-order valence-electron chi connectivity index (χ4n) is 4.14. The Morgan fingerprint density at radius 2 is 1.72 bits per heavy atom. The molecule has 134 valence electrons. The predicted molar refractivity (Wildman–Crippen MR) is 92.1 cm³/mol. The van der Waals surface area contributed by atoms with Gasteiger partial charge in [-0.15, -0.1) is 0 Å². The number of urea groups is 1. The number of carbonyl (C=O) groups excluding carboxylic acids is 2. The van der Waals surface area contributed by atoms with E-state index in [9.17, 15) is 9.59 Å². The summed E-state index contributed by atoms with van der Waals surface area (Å²) >= 11 is 0. The minimum Gasteiger partial charge on any atom is -0.497 e. The summed E-state index contributed by atoms with van der Waals surface area (Å²) in [4.78, 5) is 30.7. The molecule has 0 aromatic heterocycles. The van der Waals surface area contributed by atoms with Crippen molar-refractivity contribution in [1.82, 2.24) is 9.80 Å². The van der Waals surface area contributed by atoms with Crippen molar-refractivity contribution in [1.29, 1.82) is 0 Å². The number of hydrogen-bond acceptors (Lipinski definition) is 5. The molecule has 7 heteroatoms. The Labute approximate surface area is 147 Å². The van der Waals surface area contributed by atoms with E-state index in [1.165, 1.54) is 4.90 Å². The number of imide groups is 1. The number of rotatable bonds is 4. The van der Waals surface area contributed by atoms with Crippen molar-refractivity contribution in [2.45, 2.75) is 31.3 Å². The molecule has 3 amide bonds. The molecule has 3 aliphatic heterocycles. The van der Waals surface area contributed by atoms with Crippen LogP contribution in [0.1, 0.15) is 19.3 Å². The molecule has 0 N–H and O–H groups in total. The lowest BCUT2D eigenvalue weighted by Gasteiger charge is -2.24. The van der Waals surface area contributed by atoms with Crippen LogP contribution in [0.25, 0.3) is 0 Å². The van der Waals surface area contributed by atoms with Crippen molar-refractivity contribution in [3.05, 3.63) is 18.2 Å². The van der Waals surface area contributed by atoms with Crippen LogP contribution in [-0.2, 0) is 4.79 Å². The van der Waals surface area contributed by atoms with Gasteiger partial charge in [0.1, 0.15) is 17.5 Å². The molecule has 0 saturated carbocycles. The first-order valence-corrected chi connectivity index (χ1v) is 8.74. The molecule has 3 fully saturated rings. The molecule has 4 rings (SSSR count). The Hall–Kier alpha value is -2.44. The summed E-state index contributed by atoms with van der Waals surface area (Å²) in [5, 5.41) is 0. The SMILES string of the molecule is COc1cc(OC)cc(N2CCC(N3C(=O)[C@@H]4CCCN4C3=O)C2)c1. The zero-order valence-corrected chi connectivity index (χ0v) is 14.6. The Kier molecular flexibility index (Phi) is 3.94. The molecule has 0 spiro atoms. The fraction of sp³-hybridized carbons (Fsp3) is 0.556. The topological polar surface area (TPSA) is 62.3 Å². The van der Waals surface area contributed by atoms with Crippen LogP contribution >= 0.6 is 0 Å². The van der Waals surface area contributed by atoms with Crippen LogP contribution < -0.4 is 14.4 Å². The van der Waals surface area contributed by atoms with Gasteiger partial charge in [0.2, 0.25) is 0 Å². The third kappa shape index (κ3) is 2.58. The monoisotopic (exact) mass is 345 g/mol. The first-order valence-electron chi connectivity index (χ1n) is 8.74. The Bertz CT molecular complexity index is 663. The van der Waals surface area contributed by atoms with Crippen LogP contribution in [0.15, 0.2) is 18.2 Å². The number of amides is 3. The Balaban J connectivity index is 1.52. The van der Waals surface area contributed by atoms with Crippen molar-refractivity contribution in [2.24, 2.45) is 0 Å². The van der Waals surface area contributed by atoms with E-state index in [1.807, 2.05) is 18.2 Å². The van der Waals surface area contributed by atoms with Crippen LogP contribution in [0.2, 0.25) is 0 Å². The first-order chi connectivity index (χ1) is 12.1. The van der Waals surface area contributed by atoms with Gasteiger partial charge in [-0.25, -0.2) is 4.79 Å². The standard InChI is InChI=1S/C18H23N3O4/c1-24-14-8-13(9-15(10-14)25-2)19-7-5-12(11-19)21-17(22)16-4-3-6-20(16)18(21)23/h8-10,12,16H,3-7,11H2,1-2H3/t12?,16-/m0/s1. The lowest BCUT2D eigenvalue weighted by molar-refractivity contribution is -0.129. The Morgan fingerprint density at radius 3 is 2.36 bits per heavy atom. The van der Waals surface area contributed by atoms with E-state index in [4.69, 9.17) is 9.47 Å². The highest BCUT2D eigenvalue weighted by Crippen LogP contribution is 2.34. The molecule has 3 heterocycles. The average Bonchev–Trinajstić information content (AvgIpc) is 3.34. The summed E-state index contributed by atoms with van der Waals surface area (Å²) < 4.78 is 10.7. The molecular formula is C18H23N3O4. The molecule has 0 aliphatic carbocycles. The molecule has 1 unspecified atom stereocenters. The molecule has 25 heavy (non-hydrogen) atoms. The number of hydrogen-bond donors (Lipinski definition) is 0. The number of fused-ring (bicyclic) bond motifs is 1. The van der Waals surface area contributed by atoms with E-state index in [0.717, 1.165) is 43.0 Å². The van der Waals surface area contributed by atoms with Crippen molar-refractivity contribution in [3.8, 4) is 11.5 Å². The zero-order chi connectivity index (χ0) is 17.6. The number of carbonyl (C=O) groups is 2. The number of nitrogens with zero attached hydrogens (tertiary/aromatic N) is 3. The highest BCUT2D eigenvalue weighted by Gasteiger charge is 2.50. The zero-order valence-electron chi connectivity index (χ0n) is 14.6. The average molecular weight is 345 g/mol. The van der Waals surface area contributed by atoms with Gasteiger partial charge in [0, 0.05) is 43.5 Å². The van der Waals surface area contributed by atoms with Gasteiger partial charge < -0.3 is 19.3 Å². The second kappa shape index (κ2) is 6.13. The number of ether oxygens (including phenoxy) is 2. The van der Waals surface area contributed by atoms with E-state index in [2.05, 4.69) is 4.90 Å². The molecule has 7 nitrogen and oxygen atoms in total. The summed E-state index contributed by atoms with van der Waals surface area (Å²) in [6.45, 7) is 2.15. The maximum Gasteiger partial charge on any atom is 0.327 e. The summed E-state index contributed by atoms with van der Waals surface area (Å²) in [5.74, 6) is 1.44. The summed E-state index contributed by atoms with van der Waals surface area (Å²) in [6.07, 6.45) is 2.51. The van der Waals surface area contributed by atoms with Crippen LogP contribution in [-0.4, -0.2) is 67.7 Å². The summed E-state index contributed by atoms with van der Waals surface area (Å²) in [6, 6.07) is 5.34. The van der Waals surface area contributed by atoms with Gasteiger partial charge in [0.15, 0.2) is 0 Å². The molecule has 1 aromatic carbocycles. The Morgan fingerprint density at radius 1 is 1.00 bits per heavy atom. The van der Waals surface area contributed by atoms with E-state index in [-0.39, 0.29) is 24.0 Å². The minimum absolute atomic E-state index is 0.0161. The van der Waals surface area contributed by atoms with Crippen molar-refractivity contribution < 1.29 is 19.1 Å². The second-order valence-corrected chi connectivity index (χ2v) is 6.80. The molecular weight excluding hydrogens is 322 g/mol. The normalized spacial score (nSPS) is 25.8. The van der Waals surface area contributed by atoms with Gasteiger partial charge in [-0.2, -0.15) is 0 Å². The van der Waals surface area contributed by atoms with Gasteiger partial charge in [-0.3, -0.25) is 9.69 Å². The quantitative estimate of drug-likeness (QED) is 0.778. The minimum atomic E-state index is -0.224. The summed E-state index contributed by atoms with van der Waals surface area (Å²) in [7, 11) is 3.25. The predicted octanol–water partition coefficient (Wildman–Crippen LogP) is 1.71.